The normalized spacial score (nSPS) is 21.9. The topological polar surface area (TPSA) is 63.7 Å². The lowest BCUT2D eigenvalue weighted by Crippen LogP contribution is -2.30. The quantitative estimate of drug-likeness (QED) is 0.452. The molecule has 2 aromatic carbocycles. The molecule has 5 nitrogen and oxygen atoms in total. The van der Waals surface area contributed by atoms with E-state index in [9.17, 15) is 14.4 Å². The van der Waals surface area contributed by atoms with E-state index in [4.69, 9.17) is 16.3 Å². The molecule has 0 N–H and O–H groups in total. The van der Waals surface area contributed by atoms with Gasteiger partial charge in [0, 0.05) is 0 Å². The monoisotopic (exact) mass is 383 g/mol. The molecule has 0 spiro atoms. The number of benzene rings is 2. The molecule has 6 heteroatoms. The van der Waals surface area contributed by atoms with E-state index < -0.39 is 5.97 Å². The Morgan fingerprint density at radius 1 is 0.926 bits per heavy atom. The predicted molar refractivity (Wildman–Crippen MR) is 101 cm³/mol. The molecule has 0 radical (unpaired) electrons. The molecule has 1 heterocycles. The fraction of sp³-hybridized carbons (Fsp3) is 0.286. The summed E-state index contributed by atoms with van der Waals surface area (Å²) in [6.45, 7) is 0. The Hall–Kier alpha value is -2.66. The maximum absolute atomic E-state index is 12.6. The van der Waals surface area contributed by atoms with Crippen molar-refractivity contribution in [2.45, 2.75) is 25.7 Å². The van der Waals surface area contributed by atoms with Gasteiger partial charge in [0.05, 0.1) is 28.1 Å². The lowest BCUT2D eigenvalue weighted by atomic mass is 9.81. The van der Waals surface area contributed by atoms with Crippen molar-refractivity contribution in [2.24, 2.45) is 11.8 Å². The van der Waals surface area contributed by atoms with Crippen molar-refractivity contribution in [2.75, 3.05) is 4.90 Å². The average molecular weight is 384 g/mol. The summed E-state index contributed by atoms with van der Waals surface area (Å²) >= 11 is 6.01. The number of ether oxygens (including phenoxy) is 1. The Morgan fingerprint density at radius 3 is 2.11 bits per heavy atom. The summed E-state index contributed by atoms with van der Waals surface area (Å²) in [4.78, 5) is 38.8. The number of esters is 1. The molecule has 2 amide bonds. The molecule has 2 aliphatic rings. The highest BCUT2D eigenvalue weighted by molar-refractivity contribution is 6.33. The van der Waals surface area contributed by atoms with Crippen molar-refractivity contribution >= 4 is 35.1 Å². The van der Waals surface area contributed by atoms with Gasteiger partial charge in [0.1, 0.15) is 5.75 Å². The Balaban J connectivity index is 1.51. The molecule has 1 aliphatic carbocycles. The first-order valence-electron chi connectivity index (χ1n) is 9.01. The maximum Gasteiger partial charge on any atom is 0.345 e. The minimum Gasteiger partial charge on any atom is -0.423 e. The van der Waals surface area contributed by atoms with Gasteiger partial charge >= 0.3 is 5.97 Å². The zero-order valence-electron chi connectivity index (χ0n) is 14.6. The van der Waals surface area contributed by atoms with Crippen LogP contribution in [-0.4, -0.2) is 17.8 Å². The second-order valence-electron chi connectivity index (χ2n) is 6.87. The molecule has 1 aliphatic heterocycles. The molecule has 27 heavy (non-hydrogen) atoms. The number of carbonyl (C=O) groups is 3. The number of amides is 2. The lowest BCUT2D eigenvalue weighted by molar-refractivity contribution is -0.122. The maximum atomic E-state index is 12.6. The number of nitrogens with zero attached hydrogens (tertiary/aromatic N) is 1. The Bertz CT molecular complexity index is 885. The summed E-state index contributed by atoms with van der Waals surface area (Å²) in [7, 11) is 0. The summed E-state index contributed by atoms with van der Waals surface area (Å²) in [5.74, 6) is -0.864. The van der Waals surface area contributed by atoms with Crippen LogP contribution in [0, 0.1) is 11.8 Å². The summed E-state index contributed by atoms with van der Waals surface area (Å²) in [5, 5.41) is 0.315. The fourth-order valence-corrected chi connectivity index (χ4v) is 4.08. The standard InChI is InChI=1S/C21H18ClNO4/c22-18-8-4-3-7-17(18)21(26)27-14-11-9-13(10-12-14)23-19(24)15-5-1-2-6-16(15)20(23)25/h3-4,7-12,15-16H,1-2,5-6H2/t15-,16+. The van der Waals surface area contributed by atoms with Crippen molar-refractivity contribution in [1.82, 2.24) is 0 Å². The zero-order valence-corrected chi connectivity index (χ0v) is 15.3. The third kappa shape index (κ3) is 3.23. The average Bonchev–Trinajstić information content (AvgIpc) is 2.94. The van der Waals surface area contributed by atoms with E-state index in [0.717, 1.165) is 25.7 Å². The molecule has 2 fully saturated rings. The molecular formula is C21H18ClNO4. The van der Waals surface area contributed by atoms with E-state index in [-0.39, 0.29) is 29.2 Å². The molecule has 138 valence electrons. The van der Waals surface area contributed by atoms with Crippen LogP contribution in [0.4, 0.5) is 5.69 Å². The number of imide groups is 1. The number of hydrogen-bond acceptors (Lipinski definition) is 4. The van der Waals surface area contributed by atoms with Gasteiger partial charge in [0.15, 0.2) is 0 Å². The first kappa shape index (κ1) is 17.7. The van der Waals surface area contributed by atoms with Crippen molar-refractivity contribution in [3.63, 3.8) is 0 Å². The summed E-state index contributed by atoms with van der Waals surface area (Å²) in [5.41, 5.74) is 0.786. The number of carbonyl (C=O) groups excluding carboxylic acids is 3. The first-order valence-corrected chi connectivity index (χ1v) is 9.38. The van der Waals surface area contributed by atoms with Gasteiger partial charge in [-0.1, -0.05) is 36.6 Å². The van der Waals surface area contributed by atoms with Gasteiger partial charge in [-0.3, -0.25) is 14.5 Å². The molecular weight excluding hydrogens is 366 g/mol. The van der Waals surface area contributed by atoms with Crippen LogP contribution in [0.5, 0.6) is 5.75 Å². The SMILES string of the molecule is O=C(Oc1ccc(N2C(=O)[C@H]3CCCC[C@H]3C2=O)cc1)c1ccccc1Cl. The Kier molecular flexibility index (Phi) is 4.70. The van der Waals surface area contributed by atoms with Gasteiger partial charge in [-0.05, 0) is 49.2 Å². The molecule has 1 saturated heterocycles. The van der Waals surface area contributed by atoms with Crippen molar-refractivity contribution < 1.29 is 19.1 Å². The van der Waals surface area contributed by atoms with Gasteiger partial charge in [-0.2, -0.15) is 0 Å². The Labute approximate surface area is 161 Å². The van der Waals surface area contributed by atoms with Crippen LogP contribution >= 0.6 is 11.6 Å². The van der Waals surface area contributed by atoms with E-state index in [1.165, 1.54) is 4.90 Å². The third-order valence-electron chi connectivity index (χ3n) is 5.24. The largest absolute Gasteiger partial charge is 0.423 e. The van der Waals surface area contributed by atoms with E-state index in [2.05, 4.69) is 0 Å². The summed E-state index contributed by atoms with van der Waals surface area (Å²) < 4.78 is 5.34. The zero-order chi connectivity index (χ0) is 19.0. The van der Waals surface area contributed by atoms with Crippen LogP contribution in [0.1, 0.15) is 36.0 Å². The fourth-order valence-electron chi connectivity index (χ4n) is 3.87. The molecule has 0 bridgehead atoms. The minimum atomic E-state index is -0.562. The van der Waals surface area contributed by atoms with E-state index >= 15 is 0 Å². The van der Waals surface area contributed by atoms with Crippen molar-refractivity contribution in [1.29, 1.82) is 0 Å². The summed E-state index contributed by atoms with van der Waals surface area (Å²) in [6.07, 6.45) is 3.54. The number of rotatable bonds is 3. The summed E-state index contributed by atoms with van der Waals surface area (Å²) in [6, 6.07) is 13.0. The molecule has 2 atom stereocenters. The second-order valence-corrected chi connectivity index (χ2v) is 7.28. The van der Waals surface area contributed by atoms with E-state index in [0.29, 0.717) is 16.5 Å². The lowest BCUT2D eigenvalue weighted by Gasteiger charge is -2.19. The van der Waals surface area contributed by atoms with Crippen LogP contribution in [0.15, 0.2) is 48.5 Å². The molecule has 2 aromatic rings. The molecule has 4 rings (SSSR count). The minimum absolute atomic E-state index is 0.120. The third-order valence-corrected chi connectivity index (χ3v) is 5.57. The van der Waals surface area contributed by atoms with Crippen LogP contribution in [-0.2, 0) is 9.59 Å². The van der Waals surface area contributed by atoms with Crippen molar-refractivity contribution in [3.8, 4) is 5.75 Å². The molecule has 0 unspecified atom stereocenters. The number of halogens is 1. The van der Waals surface area contributed by atoms with Gasteiger partial charge in [0.25, 0.3) is 0 Å². The number of hydrogen-bond donors (Lipinski definition) is 0. The van der Waals surface area contributed by atoms with E-state index in [1.807, 2.05) is 0 Å². The van der Waals surface area contributed by atoms with Crippen LogP contribution < -0.4 is 9.64 Å². The first-order chi connectivity index (χ1) is 13.1. The van der Waals surface area contributed by atoms with Gasteiger partial charge in [-0.25, -0.2) is 4.79 Å². The Morgan fingerprint density at radius 2 is 1.52 bits per heavy atom. The number of anilines is 1. The smallest absolute Gasteiger partial charge is 0.345 e. The number of fused-ring (bicyclic) bond motifs is 1. The molecule has 0 aromatic heterocycles. The van der Waals surface area contributed by atoms with E-state index in [1.54, 1.807) is 48.5 Å². The van der Waals surface area contributed by atoms with Crippen LogP contribution in [0.25, 0.3) is 0 Å². The highest BCUT2D eigenvalue weighted by Crippen LogP contribution is 2.40. The van der Waals surface area contributed by atoms with Crippen molar-refractivity contribution in [3.05, 3.63) is 59.1 Å². The second kappa shape index (κ2) is 7.16. The van der Waals surface area contributed by atoms with Gasteiger partial charge in [0.2, 0.25) is 11.8 Å². The highest BCUT2D eigenvalue weighted by Gasteiger charge is 2.48. The van der Waals surface area contributed by atoms with Crippen LogP contribution in [0.2, 0.25) is 5.02 Å². The predicted octanol–water partition coefficient (Wildman–Crippen LogP) is 4.24. The van der Waals surface area contributed by atoms with Gasteiger partial charge in [-0.15, -0.1) is 0 Å². The highest BCUT2D eigenvalue weighted by atomic mass is 35.5. The molecule has 1 saturated carbocycles. The van der Waals surface area contributed by atoms with Crippen LogP contribution in [0.3, 0.4) is 0 Å². The van der Waals surface area contributed by atoms with Gasteiger partial charge < -0.3 is 4.74 Å².